The van der Waals surface area contributed by atoms with Crippen LogP contribution in [0, 0.1) is 0 Å². The van der Waals surface area contributed by atoms with Crippen LogP contribution in [0.4, 0.5) is 0 Å². The number of benzene rings is 2. The third-order valence-corrected chi connectivity index (χ3v) is 4.56. The van der Waals surface area contributed by atoms with Crippen molar-refractivity contribution in [3.05, 3.63) is 60.2 Å². The first kappa shape index (κ1) is 23.5. The van der Waals surface area contributed by atoms with E-state index in [9.17, 15) is 0 Å². The van der Waals surface area contributed by atoms with E-state index in [2.05, 4.69) is 39.9 Å². The number of unbranched alkanes of at least 4 members (excludes halogenated alkanes) is 1. The van der Waals surface area contributed by atoms with Crippen molar-refractivity contribution < 1.29 is 14.2 Å². The highest BCUT2D eigenvalue weighted by atomic mass is 16.5. The molecule has 0 amide bonds. The van der Waals surface area contributed by atoms with E-state index in [1.165, 1.54) is 5.56 Å². The Hall–Kier alpha value is -2.73. The van der Waals surface area contributed by atoms with Crippen LogP contribution in [0.1, 0.15) is 25.3 Å². The highest BCUT2D eigenvalue weighted by molar-refractivity contribution is 5.79. The van der Waals surface area contributed by atoms with E-state index < -0.39 is 0 Å². The molecule has 6 heteroatoms. The molecule has 0 saturated carbocycles. The Kier molecular flexibility index (Phi) is 11.2. The van der Waals surface area contributed by atoms with Crippen molar-refractivity contribution in [1.82, 2.24) is 10.6 Å². The highest BCUT2D eigenvalue weighted by Gasteiger charge is 2.09. The summed E-state index contributed by atoms with van der Waals surface area (Å²) in [4.78, 5) is 4.26. The maximum absolute atomic E-state index is 5.96. The fourth-order valence-corrected chi connectivity index (χ4v) is 2.91. The van der Waals surface area contributed by atoms with Gasteiger partial charge in [0.2, 0.25) is 0 Å². The number of guanidine groups is 1. The smallest absolute Gasteiger partial charge is 0.191 e. The van der Waals surface area contributed by atoms with E-state index in [0.29, 0.717) is 6.54 Å². The first-order chi connectivity index (χ1) is 14.7. The van der Waals surface area contributed by atoms with Crippen molar-refractivity contribution in [2.45, 2.75) is 32.3 Å². The second-order valence-corrected chi connectivity index (χ2v) is 7.01. The molecule has 0 aromatic heterocycles. The van der Waals surface area contributed by atoms with E-state index in [0.717, 1.165) is 56.5 Å². The predicted octanol–water partition coefficient (Wildman–Crippen LogP) is 3.67. The summed E-state index contributed by atoms with van der Waals surface area (Å²) >= 11 is 0. The van der Waals surface area contributed by atoms with Crippen molar-refractivity contribution in [1.29, 1.82) is 0 Å². The van der Waals surface area contributed by atoms with Gasteiger partial charge in [0.25, 0.3) is 0 Å². The van der Waals surface area contributed by atoms with Crippen LogP contribution in [-0.2, 0) is 11.2 Å². The lowest BCUT2D eigenvalue weighted by molar-refractivity contribution is 0.133. The molecule has 2 aromatic carbocycles. The molecule has 0 aliphatic rings. The minimum atomic E-state index is -0.0298. The monoisotopic (exact) mass is 413 g/mol. The van der Waals surface area contributed by atoms with Crippen molar-refractivity contribution in [3.8, 4) is 11.5 Å². The second kappa shape index (κ2) is 14.3. The molecule has 0 radical (unpaired) electrons. The zero-order valence-corrected chi connectivity index (χ0v) is 18.4. The topological polar surface area (TPSA) is 64.1 Å². The summed E-state index contributed by atoms with van der Waals surface area (Å²) in [5, 5.41) is 6.63. The minimum absolute atomic E-state index is 0.0298. The van der Waals surface area contributed by atoms with Crippen LogP contribution >= 0.6 is 0 Å². The molecule has 0 aliphatic heterocycles. The summed E-state index contributed by atoms with van der Waals surface area (Å²) in [6.45, 7) is 5.05. The SMILES string of the molecule is CN=C(NCCCCOCCc1ccccc1)NCC(C)Oc1ccccc1OC. The molecule has 164 valence electrons. The van der Waals surface area contributed by atoms with Crippen molar-refractivity contribution in [3.63, 3.8) is 0 Å². The number of methoxy groups -OCH3 is 1. The quantitative estimate of drug-likeness (QED) is 0.298. The average Bonchev–Trinajstić information content (AvgIpc) is 2.78. The first-order valence-electron chi connectivity index (χ1n) is 10.6. The lowest BCUT2D eigenvalue weighted by Gasteiger charge is -2.19. The molecule has 2 rings (SSSR count). The van der Waals surface area contributed by atoms with E-state index in [1.807, 2.05) is 37.3 Å². The van der Waals surface area contributed by atoms with Gasteiger partial charge in [-0.2, -0.15) is 0 Å². The van der Waals surface area contributed by atoms with Crippen molar-refractivity contribution >= 4 is 5.96 Å². The number of aliphatic imine (C=N–C) groups is 1. The number of nitrogens with zero attached hydrogens (tertiary/aromatic N) is 1. The van der Waals surface area contributed by atoms with Crippen LogP contribution in [0.15, 0.2) is 59.6 Å². The third kappa shape index (κ3) is 9.18. The molecule has 2 N–H and O–H groups in total. The minimum Gasteiger partial charge on any atom is -0.493 e. The second-order valence-electron chi connectivity index (χ2n) is 7.01. The van der Waals surface area contributed by atoms with E-state index >= 15 is 0 Å². The van der Waals surface area contributed by atoms with Crippen LogP contribution in [0.3, 0.4) is 0 Å². The molecule has 0 fully saturated rings. The summed E-state index contributed by atoms with van der Waals surface area (Å²) in [6, 6.07) is 18.1. The molecule has 1 atom stereocenters. The summed E-state index contributed by atoms with van der Waals surface area (Å²) in [5.41, 5.74) is 1.32. The van der Waals surface area contributed by atoms with Gasteiger partial charge >= 0.3 is 0 Å². The van der Waals surface area contributed by atoms with E-state index in [4.69, 9.17) is 14.2 Å². The van der Waals surface area contributed by atoms with Gasteiger partial charge in [-0.05, 0) is 43.9 Å². The Balaban J connectivity index is 1.53. The summed E-state index contributed by atoms with van der Waals surface area (Å²) in [5.74, 6) is 2.25. The Morgan fingerprint density at radius 3 is 2.40 bits per heavy atom. The fraction of sp³-hybridized carbons (Fsp3) is 0.458. The number of hydrogen-bond donors (Lipinski definition) is 2. The van der Waals surface area contributed by atoms with E-state index in [1.54, 1.807) is 14.2 Å². The van der Waals surface area contributed by atoms with E-state index in [-0.39, 0.29) is 6.10 Å². The van der Waals surface area contributed by atoms with Gasteiger partial charge < -0.3 is 24.8 Å². The summed E-state index contributed by atoms with van der Waals surface area (Å²) < 4.78 is 17.0. The fourth-order valence-electron chi connectivity index (χ4n) is 2.91. The van der Waals surface area contributed by atoms with Gasteiger partial charge in [-0.15, -0.1) is 0 Å². The Labute approximate surface area is 180 Å². The van der Waals surface area contributed by atoms with Gasteiger partial charge in [0.1, 0.15) is 6.10 Å². The maximum atomic E-state index is 5.96. The maximum Gasteiger partial charge on any atom is 0.191 e. The lowest BCUT2D eigenvalue weighted by atomic mass is 10.2. The average molecular weight is 414 g/mol. The number of ether oxygens (including phenoxy) is 3. The normalized spacial score (nSPS) is 12.3. The predicted molar refractivity (Wildman–Crippen MR) is 123 cm³/mol. The van der Waals surface area contributed by atoms with Crippen LogP contribution in [0.2, 0.25) is 0 Å². The van der Waals surface area contributed by atoms with Gasteiger partial charge in [0.15, 0.2) is 17.5 Å². The largest absolute Gasteiger partial charge is 0.493 e. The van der Waals surface area contributed by atoms with Crippen LogP contribution in [0.25, 0.3) is 0 Å². The van der Waals surface area contributed by atoms with Gasteiger partial charge in [0, 0.05) is 20.2 Å². The standard InChI is InChI=1S/C24H35N3O3/c1-20(30-23-14-8-7-13-22(23)28-3)19-27-24(25-2)26-16-9-10-17-29-18-15-21-11-5-4-6-12-21/h4-8,11-14,20H,9-10,15-19H2,1-3H3,(H2,25,26,27). The molecular formula is C24H35N3O3. The molecule has 0 saturated heterocycles. The molecule has 6 nitrogen and oxygen atoms in total. The first-order valence-corrected chi connectivity index (χ1v) is 10.6. The summed E-state index contributed by atoms with van der Waals surface area (Å²) in [6.07, 6.45) is 2.98. The molecule has 0 aliphatic carbocycles. The Bertz CT molecular complexity index is 737. The zero-order chi connectivity index (χ0) is 21.4. The van der Waals surface area contributed by atoms with Gasteiger partial charge in [0.05, 0.1) is 20.3 Å². The van der Waals surface area contributed by atoms with Crippen molar-refractivity contribution in [2.24, 2.45) is 4.99 Å². The number of hydrogen-bond acceptors (Lipinski definition) is 4. The molecule has 1 unspecified atom stereocenters. The van der Waals surface area contributed by atoms with Crippen LogP contribution in [-0.4, -0.2) is 52.5 Å². The Morgan fingerprint density at radius 1 is 0.933 bits per heavy atom. The number of para-hydroxylation sites is 2. The molecule has 0 heterocycles. The highest BCUT2D eigenvalue weighted by Crippen LogP contribution is 2.26. The third-order valence-electron chi connectivity index (χ3n) is 4.56. The van der Waals surface area contributed by atoms with Crippen LogP contribution in [0.5, 0.6) is 11.5 Å². The van der Waals surface area contributed by atoms with Crippen molar-refractivity contribution in [2.75, 3.05) is 40.5 Å². The lowest BCUT2D eigenvalue weighted by Crippen LogP contribution is -2.42. The van der Waals surface area contributed by atoms with Gasteiger partial charge in [-0.25, -0.2) is 0 Å². The molecular weight excluding hydrogens is 378 g/mol. The van der Waals surface area contributed by atoms with Crippen LogP contribution < -0.4 is 20.1 Å². The number of rotatable bonds is 13. The molecule has 0 bridgehead atoms. The summed E-state index contributed by atoms with van der Waals surface area (Å²) in [7, 11) is 3.42. The zero-order valence-electron chi connectivity index (χ0n) is 18.4. The Morgan fingerprint density at radius 2 is 1.67 bits per heavy atom. The molecule has 0 spiro atoms. The molecule has 30 heavy (non-hydrogen) atoms. The van der Waals surface area contributed by atoms with Gasteiger partial charge in [-0.3, -0.25) is 4.99 Å². The van der Waals surface area contributed by atoms with Gasteiger partial charge in [-0.1, -0.05) is 42.5 Å². The number of nitrogens with one attached hydrogen (secondary N) is 2. The molecule has 2 aromatic rings.